The summed E-state index contributed by atoms with van der Waals surface area (Å²) in [6, 6.07) is 14.3. The van der Waals surface area contributed by atoms with Gasteiger partial charge in [-0.05, 0) is 37.1 Å². The van der Waals surface area contributed by atoms with Gasteiger partial charge < -0.3 is 14.5 Å². The number of nitrogens with one attached hydrogen (secondary N) is 1. The zero-order valence-corrected chi connectivity index (χ0v) is 14.2. The quantitative estimate of drug-likeness (QED) is 0.714. The number of hydrogen-bond donors (Lipinski definition) is 1. The highest BCUT2D eigenvalue weighted by Crippen LogP contribution is 2.25. The first-order valence-electron chi connectivity index (χ1n) is 8.23. The van der Waals surface area contributed by atoms with E-state index in [1.807, 2.05) is 38.1 Å². The van der Waals surface area contributed by atoms with Crippen molar-refractivity contribution in [3.8, 4) is 5.75 Å². The molecule has 5 nitrogen and oxygen atoms in total. The Morgan fingerprint density at radius 2 is 1.92 bits per heavy atom. The highest BCUT2D eigenvalue weighted by Gasteiger charge is 2.16. The Balaban J connectivity index is 1.99. The molecule has 5 heteroatoms. The van der Waals surface area contributed by atoms with Crippen molar-refractivity contribution in [3.05, 3.63) is 70.1 Å². The summed E-state index contributed by atoms with van der Waals surface area (Å²) in [6.45, 7) is 4.31. The summed E-state index contributed by atoms with van der Waals surface area (Å²) in [5.74, 6) is -0.00116. The second-order valence-corrected chi connectivity index (χ2v) is 5.52. The maximum Gasteiger partial charge on any atom is 0.349 e. The first-order chi connectivity index (χ1) is 12.1. The van der Waals surface area contributed by atoms with Crippen LogP contribution in [0, 0.1) is 0 Å². The van der Waals surface area contributed by atoms with Crippen LogP contribution in [-0.2, 0) is 6.42 Å². The number of ether oxygens (including phenoxy) is 1. The molecule has 0 bridgehead atoms. The second-order valence-electron chi connectivity index (χ2n) is 5.52. The lowest BCUT2D eigenvalue weighted by atomic mass is 10.1. The molecule has 3 rings (SSSR count). The average molecular weight is 337 g/mol. The van der Waals surface area contributed by atoms with E-state index in [0.717, 1.165) is 12.0 Å². The Morgan fingerprint density at radius 1 is 1.12 bits per heavy atom. The van der Waals surface area contributed by atoms with Gasteiger partial charge >= 0.3 is 5.63 Å². The highest BCUT2D eigenvalue weighted by atomic mass is 16.5. The van der Waals surface area contributed by atoms with Crippen molar-refractivity contribution >= 4 is 22.6 Å². The van der Waals surface area contributed by atoms with Gasteiger partial charge in [-0.15, -0.1) is 0 Å². The number of para-hydroxylation sites is 2. The first-order valence-corrected chi connectivity index (χ1v) is 8.23. The zero-order valence-electron chi connectivity index (χ0n) is 14.2. The molecule has 3 aromatic rings. The molecule has 0 saturated heterocycles. The van der Waals surface area contributed by atoms with Crippen LogP contribution in [0.25, 0.3) is 11.0 Å². The fraction of sp³-hybridized carbons (Fsp3) is 0.200. The molecule has 25 heavy (non-hydrogen) atoms. The predicted molar refractivity (Wildman–Crippen MR) is 97.4 cm³/mol. The smallest absolute Gasteiger partial charge is 0.349 e. The van der Waals surface area contributed by atoms with E-state index in [9.17, 15) is 9.59 Å². The summed E-state index contributed by atoms with van der Waals surface area (Å²) in [4.78, 5) is 24.8. The zero-order chi connectivity index (χ0) is 17.8. The highest BCUT2D eigenvalue weighted by molar-refractivity contribution is 6.06. The summed E-state index contributed by atoms with van der Waals surface area (Å²) < 4.78 is 10.8. The van der Waals surface area contributed by atoms with Crippen molar-refractivity contribution in [2.24, 2.45) is 0 Å². The maximum absolute atomic E-state index is 12.6. The van der Waals surface area contributed by atoms with Crippen molar-refractivity contribution in [2.75, 3.05) is 11.9 Å². The molecule has 1 N–H and O–H groups in total. The molecule has 128 valence electrons. The molecule has 1 heterocycles. The molecule has 1 aromatic heterocycles. The third kappa shape index (κ3) is 3.40. The van der Waals surface area contributed by atoms with Gasteiger partial charge in [-0.1, -0.05) is 37.3 Å². The van der Waals surface area contributed by atoms with E-state index in [1.54, 1.807) is 18.2 Å². The first kappa shape index (κ1) is 16.8. The van der Waals surface area contributed by atoms with Crippen LogP contribution in [0.5, 0.6) is 5.75 Å². The fourth-order valence-electron chi connectivity index (χ4n) is 2.69. The number of amides is 1. The average Bonchev–Trinajstić information content (AvgIpc) is 2.62. The van der Waals surface area contributed by atoms with Gasteiger partial charge in [-0.3, -0.25) is 4.79 Å². The van der Waals surface area contributed by atoms with Crippen LogP contribution in [0.4, 0.5) is 5.69 Å². The number of fused-ring (bicyclic) bond motifs is 1. The topological polar surface area (TPSA) is 68.5 Å². The van der Waals surface area contributed by atoms with Gasteiger partial charge in [0.15, 0.2) is 11.3 Å². The van der Waals surface area contributed by atoms with Crippen molar-refractivity contribution in [1.82, 2.24) is 0 Å². The van der Waals surface area contributed by atoms with E-state index in [-0.39, 0.29) is 5.56 Å². The molecule has 0 aliphatic carbocycles. The van der Waals surface area contributed by atoms with Gasteiger partial charge in [0.1, 0.15) is 5.56 Å². The molecule has 2 aromatic carbocycles. The second kappa shape index (κ2) is 7.21. The van der Waals surface area contributed by atoms with Crippen LogP contribution in [0.3, 0.4) is 0 Å². The van der Waals surface area contributed by atoms with E-state index < -0.39 is 11.5 Å². The number of aryl methyl sites for hydroxylation is 1. The third-order valence-corrected chi connectivity index (χ3v) is 3.91. The Bertz CT molecular complexity index is 975. The molecule has 0 radical (unpaired) electrons. The molecular weight excluding hydrogens is 318 g/mol. The van der Waals surface area contributed by atoms with Gasteiger partial charge in [0.05, 0.1) is 6.61 Å². The van der Waals surface area contributed by atoms with Crippen molar-refractivity contribution in [2.45, 2.75) is 20.3 Å². The van der Waals surface area contributed by atoms with Gasteiger partial charge in [0, 0.05) is 11.1 Å². The van der Waals surface area contributed by atoms with Crippen LogP contribution >= 0.6 is 0 Å². The third-order valence-electron chi connectivity index (χ3n) is 3.91. The van der Waals surface area contributed by atoms with Crippen molar-refractivity contribution in [3.63, 3.8) is 0 Å². The number of carbonyl (C=O) groups excluding carboxylic acids is 1. The van der Waals surface area contributed by atoms with Crippen LogP contribution in [-0.4, -0.2) is 12.5 Å². The van der Waals surface area contributed by atoms with Gasteiger partial charge in [0.2, 0.25) is 0 Å². The Morgan fingerprint density at radius 3 is 2.68 bits per heavy atom. The Labute approximate surface area is 145 Å². The van der Waals surface area contributed by atoms with Crippen LogP contribution in [0.1, 0.15) is 29.8 Å². The molecule has 0 aliphatic heterocycles. The van der Waals surface area contributed by atoms with Gasteiger partial charge in [-0.2, -0.15) is 0 Å². The summed E-state index contributed by atoms with van der Waals surface area (Å²) in [5.41, 5.74) is 1.32. The Hall–Kier alpha value is -3.08. The van der Waals surface area contributed by atoms with E-state index in [0.29, 0.717) is 29.0 Å². The van der Waals surface area contributed by atoms with Crippen LogP contribution in [0.15, 0.2) is 57.7 Å². The van der Waals surface area contributed by atoms with E-state index in [2.05, 4.69) is 5.32 Å². The SMILES string of the molecule is CCOc1cccc2cc(C(=O)Nc3ccccc3CC)c(=O)oc12. The lowest BCUT2D eigenvalue weighted by molar-refractivity contribution is 0.102. The predicted octanol–water partition coefficient (Wildman–Crippen LogP) is 4.01. The molecule has 0 spiro atoms. The lowest BCUT2D eigenvalue weighted by Gasteiger charge is -2.10. The number of rotatable bonds is 5. The number of benzene rings is 2. The molecule has 0 atom stereocenters. The largest absolute Gasteiger partial charge is 0.490 e. The minimum absolute atomic E-state index is 0.0351. The fourth-order valence-corrected chi connectivity index (χ4v) is 2.69. The number of carbonyl (C=O) groups is 1. The number of hydrogen-bond acceptors (Lipinski definition) is 4. The molecule has 0 fully saturated rings. The van der Waals surface area contributed by atoms with E-state index in [1.165, 1.54) is 6.07 Å². The number of anilines is 1. The summed E-state index contributed by atoms with van der Waals surface area (Å²) >= 11 is 0. The molecule has 0 unspecified atom stereocenters. The maximum atomic E-state index is 12.6. The monoisotopic (exact) mass is 337 g/mol. The van der Waals surface area contributed by atoms with Gasteiger partial charge in [-0.25, -0.2) is 4.79 Å². The van der Waals surface area contributed by atoms with Crippen LogP contribution < -0.4 is 15.7 Å². The molecular formula is C20H19NO4. The minimum atomic E-state index is -0.689. The lowest BCUT2D eigenvalue weighted by Crippen LogP contribution is -2.21. The standard InChI is InChI=1S/C20H19NO4/c1-3-13-8-5-6-10-16(13)21-19(22)15-12-14-9-7-11-17(24-4-2)18(14)25-20(15)23/h5-12H,3-4H2,1-2H3,(H,21,22). The normalized spacial score (nSPS) is 10.6. The van der Waals surface area contributed by atoms with Crippen molar-refractivity contribution in [1.29, 1.82) is 0 Å². The van der Waals surface area contributed by atoms with E-state index >= 15 is 0 Å². The minimum Gasteiger partial charge on any atom is -0.490 e. The molecule has 1 amide bonds. The molecule has 0 saturated carbocycles. The van der Waals surface area contributed by atoms with E-state index in [4.69, 9.17) is 9.15 Å². The summed E-state index contributed by atoms with van der Waals surface area (Å²) in [6.07, 6.45) is 0.778. The van der Waals surface area contributed by atoms with Crippen molar-refractivity contribution < 1.29 is 13.9 Å². The summed E-state index contributed by atoms with van der Waals surface area (Å²) in [5, 5.41) is 3.43. The Kier molecular flexibility index (Phi) is 4.84. The molecule has 0 aliphatic rings. The summed E-state index contributed by atoms with van der Waals surface area (Å²) in [7, 11) is 0. The van der Waals surface area contributed by atoms with Gasteiger partial charge in [0.25, 0.3) is 5.91 Å². The van der Waals surface area contributed by atoms with Crippen LogP contribution in [0.2, 0.25) is 0 Å².